The number of carbonyl (C=O) groups is 1. The molecule has 31 heavy (non-hydrogen) atoms. The minimum Gasteiger partial charge on any atom is -0.467 e. The molecule has 1 aliphatic heterocycles. The van der Waals surface area contributed by atoms with Gasteiger partial charge >= 0.3 is 0 Å². The first-order valence-electron chi connectivity index (χ1n) is 9.87. The van der Waals surface area contributed by atoms with Crippen LogP contribution < -0.4 is 20.1 Å². The molecule has 10 heteroatoms. The van der Waals surface area contributed by atoms with Crippen LogP contribution in [0.1, 0.15) is 23.6 Å². The van der Waals surface area contributed by atoms with Gasteiger partial charge in [-0.3, -0.25) is 4.79 Å². The van der Waals surface area contributed by atoms with Gasteiger partial charge in [-0.15, -0.1) is 15.3 Å². The number of benzene rings is 1. The number of aryl methyl sites for hydroxylation is 1. The van der Waals surface area contributed by atoms with Crippen molar-refractivity contribution in [1.29, 1.82) is 0 Å². The van der Waals surface area contributed by atoms with Crippen LogP contribution in [0.4, 0.5) is 5.82 Å². The van der Waals surface area contributed by atoms with Crippen LogP contribution in [0.3, 0.4) is 0 Å². The summed E-state index contributed by atoms with van der Waals surface area (Å²) in [5.41, 5.74) is 1.57. The molecule has 0 saturated heterocycles. The van der Waals surface area contributed by atoms with E-state index in [0.717, 1.165) is 17.1 Å². The number of rotatable bonds is 8. The zero-order valence-corrected chi connectivity index (χ0v) is 16.6. The van der Waals surface area contributed by atoms with E-state index in [-0.39, 0.29) is 19.1 Å². The summed E-state index contributed by atoms with van der Waals surface area (Å²) in [4.78, 5) is 12.3. The summed E-state index contributed by atoms with van der Waals surface area (Å²) >= 11 is 0. The SMILES string of the molecule is O=C(CCc1nnc2ccc(NCc3ccco3)nn12)NCc1ccc2c(c1)OCO2. The molecule has 0 aliphatic carbocycles. The molecule has 1 aliphatic rings. The lowest BCUT2D eigenvalue weighted by atomic mass is 10.2. The van der Waals surface area contributed by atoms with Crippen LogP contribution in [0.15, 0.2) is 53.1 Å². The molecule has 0 unspecified atom stereocenters. The van der Waals surface area contributed by atoms with E-state index in [1.54, 1.807) is 10.8 Å². The highest BCUT2D eigenvalue weighted by Gasteiger charge is 2.14. The van der Waals surface area contributed by atoms with Crippen molar-refractivity contribution in [3.05, 3.63) is 65.9 Å². The Morgan fingerprint density at radius 1 is 1.06 bits per heavy atom. The molecule has 1 aromatic carbocycles. The van der Waals surface area contributed by atoms with E-state index in [1.807, 2.05) is 42.5 Å². The molecule has 2 N–H and O–H groups in total. The second kappa shape index (κ2) is 8.34. The molecule has 3 aromatic heterocycles. The molecule has 10 nitrogen and oxygen atoms in total. The van der Waals surface area contributed by atoms with Gasteiger partial charge in [-0.25, -0.2) is 0 Å². The molecule has 5 rings (SSSR count). The minimum atomic E-state index is -0.0819. The maximum absolute atomic E-state index is 12.3. The summed E-state index contributed by atoms with van der Waals surface area (Å²) < 4.78 is 17.6. The molecule has 0 spiro atoms. The fourth-order valence-corrected chi connectivity index (χ4v) is 3.24. The first-order valence-corrected chi connectivity index (χ1v) is 9.87. The molecule has 4 heterocycles. The average molecular weight is 420 g/mol. The van der Waals surface area contributed by atoms with Crippen molar-refractivity contribution < 1.29 is 18.7 Å². The maximum Gasteiger partial charge on any atom is 0.231 e. The van der Waals surface area contributed by atoms with E-state index >= 15 is 0 Å². The van der Waals surface area contributed by atoms with Gasteiger partial charge in [-0.1, -0.05) is 6.07 Å². The van der Waals surface area contributed by atoms with Crippen molar-refractivity contribution >= 4 is 17.4 Å². The van der Waals surface area contributed by atoms with E-state index in [4.69, 9.17) is 13.9 Å². The van der Waals surface area contributed by atoms with Gasteiger partial charge < -0.3 is 24.5 Å². The van der Waals surface area contributed by atoms with Crippen LogP contribution in [0.25, 0.3) is 5.65 Å². The zero-order chi connectivity index (χ0) is 21.0. The minimum absolute atomic E-state index is 0.0819. The molecule has 4 aromatic rings. The third-order valence-electron chi connectivity index (χ3n) is 4.85. The number of hydrogen-bond acceptors (Lipinski definition) is 8. The van der Waals surface area contributed by atoms with Crippen molar-refractivity contribution in [2.45, 2.75) is 25.9 Å². The number of hydrogen-bond donors (Lipinski definition) is 2. The lowest BCUT2D eigenvalue weighted by Crippen LogP contribution is -2.23. The smallest absolute Gasteiger partial charge is 0.231 e. The first kappa shape index (κ1) is 18.9. The van der Waals surface area contributed by atoms with Crippen molar-refractivity contribution in [3.63, 3.8) is 0 Å². The standard InChI is InChI=1S/C21H20N6O4/c28-21(23-11-14-3-4-16-17(10-14)31-13-30-16)8-7-20-25-24-19-6-5-18(26-27(19)20)22-12-15-2-1-9-29-15/h1-6,9-10H,7-8,11-13H2,(H,22,26)(H,23,28). The quantitative estimate of drug-likeness (QED) is 0.446. The van der Waals surface area contributed by atoms with Crippen LogP contribution in [0.2, 0.25) is 0 Å². The molecule has 0 fully saturated rings. The number of furan rings is 1. The summed E-state index contributed by atoms with van der Waals surface area (Å²) in [7, 11) is 0. The van der Waals surface area contributed by atoms with Crippen LogP contribution in [-0.4, -0.2) is 32.5 Å². The van der Waals surface area contributed by atoms with E-state index in [1.165, 1.54) is 0 Å². The second-order valence-corrected chi connectivity index (χ2v) is 7.00. The van der Waals surface area contributed by atoms with Gasteiger partial charge in [0.2, 0.25) is 12.7 Å². The highest BCUT2D eigenvalue weighted by Crippen LogP contribution is 2.32. The summed E-state index contributed by atoms with van der Waals surface area (Å²) in [5.74, 6) is 3.43. The average Bonchev–Trinajstić information content (AvgIpc) is 3.55. The van der Waals surface area contributed by atoms with E-state index in [0.29, 0.717) is 42.5 Å². The Hall–Kier alpha value is -4.08. The lowest BCUT2D eigenvalue weighted by molar-refractivity contribution is -0.121. The van der Waals surface area contributed by atoms with Crippen LogP contribution in [-0.2, 0) is 24.3 Å². The van der Waals surface area contributed by atoms with Gasteiger partial charge in [0.1, 0.15) is 11.6 Å². The van der Waals surface area contributed by atoms with E-state index < -0.39 is 0 Å². The predicted octanol–water partition coefficient (Wildman–Crippen LogP) is 2.31. The van der Waals surface area contributed by atoms with Gasteiger partial charge in [0, 0.05) is 19.4 Å². The van der Waals surface area contributed by atoms with Crippen LogP contribution in [0, 0.1) is 0 Å². The van der Waals surface area contributed by atoms with Gasteiger partial charge in [-0.2, -0.15) is 4.52 Å². The van der Waals surface area contributed by atoms with Crippen molar-refractivity contribution in [3.8, 4) is 11.5 Å². The number of ether oxygens (including phenoxy) is 2. The maximum atomic E-state index is 12.3. The highest BCUT2D eigenvalue weighted by molar-refractivity contribution is 5.76. The van der Waals surface area contributed by atoms with Crippen molar-refractivity contribution in [2.24, 2.45) is 0 Å². The Labute approximate surface area is 177 Å². The number of carbonyl (C=O) groups excluding carboxylic acids is 1. The van der Waals surface area contributed by atoms with Crippen molar-refractivity contribution in [1.82, 2.24) is 25.1 Å². The largest absolute Gasteiger partial charge is 0.467 e. The third-order valence-corrected chi connectivity index (χ3v) is 4.85. The molecule has 0 saturated carbocycles. The molecule has 0 bridgehead atoms. The van der Waals surface area contributed by atoms with E-state index in [2.05, 4.69) is 25.9 Å². The summed E-state index contributed by atoms with van der Waals surface area (Å²) in [6.45, 7) is 1.16. The van der Waals surface area contributed by atoms with Gasteiger partial charge in [0.05, 0.1) is 12.8 Å². The van der Waals surface area contributed by atoms with Gasteiger partial charge in [-0.05, 0) is 42.0 Å². The third kappa shape index (κ3) is 4.27. The topological polar surface area (TPSA) is 116 Å². The zero-order valence-electron chi connectivity index (χ0n) is 16.6. The normalized spacial score (nSPS) is 12.3. The van der Waals surface area contributed by atoms with Gasteiger partial charge in [0.15, 0.2) is 23.0 Å². The highest BCUT2D eigenvalue weighted by atomic mass is 16.7. The van der Waals surface area contributed by atoms with E-state index in [9.17, 15) is 4.79 Å². The Morgan fingerprint density at radius 3 is 2.90 bits per heavy atom. The molecular formula is C21H20N6O4. The second-order valence-electron chi connectivity index (χ2n) is 7.00. The molecule has 0 atom stereocenters. The molecule has 0 radical (unpaired) electrons. The summed E-state index contributed by atoms with van der Waals surface area (Å²) in [6.07, 6.45) is 2.32. The number of nitrogens with one attached hydrogen (secondary N) is 2. The fourth-order valence-electron chi connectivity index (χ4n) is 3.24. The monoisotopic (exact) mass is 420 g/mol. The summed E-state index contributed by atoms with van der Waals surface area (Å²) in [6, 6.07) is 13.0. The number of nitrogens with zero attached hydrogens (tertiary/aromatic N) is 4. The fraction of sp³-hybridized carbons (Fsp3) is 0.238. The van der Waals surface area contributed by atoms with Crippen molar-refractivity contribution in [2.75, 3.05) is 12.1 Å². The Bertz CT molecular complexity index is 1200. The Balaban J connectivity index is 1.17. The molecule has 158 valence electrons. The first-order chi connectivity index (χ1) is 15.2. The predicted molar refractivity (Wildman–Crippen MR) is 110 cm³/mol. The van der Waals surface area contributed by atoms with Crippen LogP contribution in [0.5, 0.6) is 11.5 Å². The number of anilines is 1. The summed E-state index contributed by atoms with van der Waals surface area (Å²) in [5, 5.41) is 18.9. The Kier molecular flexibility index (Phi) is 5.09. The lowest BCUT2D eigenvalue weighted by Gasteiger charge is -2.07. The Morgan fingerprint density at radius 2 is 2.00 bits per heavy atom. The number of amides is 1. The van der Waals surface area contributed by atoms with Crippen LogP contribution >= 0.6 is 0 Å². The molecular weight excluding hydrogens is 400 g/mol. The number of aromatic nitrogens is 4. The molecule has 1 amide bonds. The van der Waals surface area contributed by atoms with Gasteiger partial charge in [0.25, 0.3) is 0 Å². The number of fused-ring (bicyclic) bond motifs is 2.